The second-order valence-electron chi connectivity index (χ2n) is 6.66. The quantitative estimate of drug-likeness (QED) is 0.734. The minimum atomic E-state index is -0.343. The molecular formula is C21H23N3O3. The molecular weight excluding hydrogens is 342 g/mol. The Morgan fingerprint density at radius 1 is 1.04 bits per heavy atom. The molecule has 0 spiro atoms. The maximum absolute atomic E-state index is 12.7. The van der Waals surface area contributed by atoms with Gasteiger partial charge in [0.2, 0.25) is 0 Å². The van der Waals surface area contributed by atoms with E-state index in [0.29, 0.717) is 36.2 Å². The van der Waals surface area contributed by atoms with E-state index in [4.69, 9.17) is 0 Å². The summed E-state index contributed by atoms with van der Waals surface area (Å²) in [4.78, 5) is 38.8. The Morgan fingerprint density at radius 2 is 1.74 bits per heavy atom. The lowest BCUT2D eigenvalue weighted by atomic mass is 10.1. The second kappa shape index (κ2) is 8.14. The fourth-order valence-electron chi connectivity index (χ4n) is 2.97. The molecule has 3 amide bonds. The Morgan fingerprint density at radius 3 is 2.44 bits per heavy atom. The fraction of sp³-hybridized carbons (Fsp3) is 0.286. The van der Waals surface area contributed by atoms with Crippen molar-refractivity contribution in [1.29, 1.82) is 0 Å². The van der Waals surface area contributed by atoms with Crippen LogP contribution in [0.2, 0.25) is 0 Å². The summed E-state index contributed by atoms with van der Waals surface area (Å²) < 4.78 is 0. The van der Waals surface area contributed by atoms with Crippen LogP contribution in [-0.2, 0) is 6.42 Å². The van der Waals surface area contributed by atoms with Gasteiger partial charge in [0.25, 0.3) is 17.7 Å². The molecule has 0 saturated heterocycles. The average Bonchev–Trinajstić information content (AvgIpc) is 2.94. The van der Waals surface area contributed by atoms with E-state index < -0.39 is 0 Å². The molecule has 2 aromatic rings. The van der Waals surface area contributed by atoms with Crippen LogP contribution >= 0.6 is 0 Å². The van der Waals surface area contributed by atoms with Crippen molar-refractivity contribution >= 4 is 17.7 Å². The van der Waals surface area contributed by atoms with E-state index in [9.17, 15) is 14.4 Å². The first-order valence-electron chi connectivity index (χ1n) is 9.01. The van der Waals surface area contributed by atoms with E-state index in [0.717, 1.165) is 5.56 Å². The molecule has 1 aliphatic heterocycles. The van der Waals surface area contributed by atoms with Crippen LogP contribution in [-0.4, -0.2) is 48.8 Å². The summed E-state index contributed by atoms with van der Waals surface area (Å²) in [6.45, 7) is 2.75. The van der Waals surface area contributed by atoms with Gasteiger partial charge in [-0.1, -0.05) is 30.3 Å². The Kier molecular flexibility index (Phi) is 5.66. The summed E-state index contributed by atoms with van der Waals surface area (Å²) >= 11 is 0. The molecule has 3 rings (SSSR count). The SMILES string of the molecule is CNC(C)CNC(=O)c1ccc2c(c1)C(=O)N(CCc1ccccc1)C2=O. The lowest BCUT2D eigenvalue weighted by molar-refractivity contribution is 0.0656. The molecule has 140 valence electrons. The van der Waals surface area contributed by atoms with Gasteiger partial charge in [0, 0.05) is 24.7 Å². The predicted octanol–water partition coefficient (Wildman–Crippen LogP) is 1.86. The summed E-state index contributed by atoms with van der Waals surface area (Å²) in [5.74, 6) is -0.909. The molecule has 6 nitrogen and oxygen atoms in total. The molecule has 1 atom stereocenters. The predicted molar refractivity (Wildman–Crippen MR) is 103 cm³/mol. The molecule has 0 fully saturated rings. The van der Waals surface area contributed by atoms with Crippen molar-refractivity contribution < 1.29 is 14.4 Å². The zero-order chi connectivity index (χ0) is 19.4. The van der Waals surface area contributed by atoms with E-state index in [1.165, 1.54) is 11.0 Å². The second-order valence-corrected chi connectivity index (χ2v) is 6.66. The van der Waals surface area contributed by atoms with Crippen LogP contribution < -0.4 is 10.6 Å². The monoisotopic (exact) mass is 365 g/mol. The summed E-state index contributed by atoms with van der Waals surface area (Å²) in [5.41, 5.74) is 2.09. The van der Waals surface area contributed by atoms with Crippen molar-refractivity contribution in [2.24, 2.45) is 0 Å². The molecule has 0 radical (unpaired) electrons. The van der Waals surface area contributed by atoms with Crippen LogP contribution in [0.3, 0.4) is 0 Å². The minimum absolute atomic E-state index is 0.139. The fourth-order valence-corrected chi connectivity index (χ4v) is 2.97. The Balaban J connectivity index is 1.71. The molecule has 27 heavy (non-hydrogen) atoms. The van der Waals surface area contributed by atoms with E-state index in [2.05, 4.69) is 10.6 Å². The van der Waals surface area contributed by atoms with Gasteiger partial charge >= 0.3 is 0 Å². The first kappa shape index (κ1) is 18.8. The van der Waals surface area contributed by atoms with E-state index >= 15 is 0 Å². The van der Waals surface area contributed by atoms with Crippen LogP contribution in [0.15, 0.2) is 48.5 Å². The topological polar surface area (TPSA) is 78.5 Å². The number of nitrogens with one attached hydrogen (secondary N) is 2. The molecule has 0 bridgehead atoms. The van der Waals surface area contributed by atoms with Crippen molar-refractivity contribution in [3.05, 3.63) is 70.8 Å². The van der Waals surface area contributed by atoms with Crippen LogP contribution in [0.25, 0.3) is 0 Å². The van der Waals surface area contributed by atoms with E-state index in [-0.39, 0.29) is 23.8 Å². The standard InChI is InChI=1S/C21H23N3O3/c1-14(22-2)13-23-19(25)16-8-9-17-18(12-16)21(27)24(20(17)26)11-10-15-6-4-3-5-7-15/h3-9,12,14,22H,10-11,13H2,1-2H3,(H,23,25). The Labute approximate surface area is 158 Å². The third-order valence-corrected chi connectivity index (χ3v) is 4.76. The van der Waals surface area contributed by atoms with Gasteiger partial charge in [-0.25, -0.2) is 0 Å². The van der Waals surface area contributed by atoms with Crippen LogP contribution in [0.1, 0.15) is 43.6 Å². The zero-order valence-corrected chi connectivity index (χ0v) is 15.5. The van der Waals surface area contributed by atoms with Crippen molar-refractivity contribution in [2.75, 3.05) is 20.1 Å². The molecule has 1 unspecified atom stereocenters. The maximum atomic E-state index is 12.7. The highest BCUT2D eigenvalue weighted by atomic mass is 16.2. The summed E-state index contributed by atoms with van der Waals surface area (Å²) in [5, 5.41) is 5.85. The van der Waals surface area contributed by atoms with E-state index in [1.54, 1.807) is 12.1 Å². The number of carbonyl (C=O) groups excluding carboxylic acids is 3. The van der Waals surface area contributed by atoms with Gasteiger partial charge < -0.3 is 10.6 Å². The highest BCUT2D eigenvalue weighted by Crippen LogP contribution is 2.24. The Hall–Kier alpha value is -2.99. The van der Waals surface area contributed by atoms with E-state index in [1.807, 2.05) is 44.3 Å². The number of likely N-dealkylation sites (N-methyl/N-ethyl adjacent to an activating group) is 1. The molecule has 1 heterocycles. The van der Waals surface area contributed by atoms with Crippen molar-refractivity contribution in [2.45, 2.75) is 19.4 Å². The number of carbonyl (C=O) groups is 3. The van der Waals surface area contributed by atoms with Crippen molar-refractivity contribution in [1.82, 2.24) is 15.5 Å². The third kappa shape index (κ3) is 4.06. The molecule has 2 aromatic carbocycles. The third-order valence-electron chi connectivity index (χ3n) is 4.76. The minimum Gasteiger partial charge on any atom is -0.350 e. The van der Waals surface area contributed by atoms with Crippen molar-refractivity contribution in [3.63, 3.8) is 0 Å². The molecule has 2 N–H and O–H groups in total. The molecule has 6 heteroatoms. The highest BCUT2D eigenvalue weighted by Gasteiger charge is 2.35. The van der Waals surface area contributed by atoms with Gasteiger partial charge in [-0.3, -0.25) is 19.3 Å². The maximum Gasteiger partial charge on any atom is 0.261 e. The zero-order valence-electron chi connectivity index (χ0n) is 15.5. The summed E-state index contributed by atoms with van der Waals surface area (Å²) in [6.07, 6.45) is 0.599. The van der Waals surface area contributed by atoms with Crippen LogP contribution in [0.4, 0.5) is 0 Å². The average molecular weight is 365 g/mol. The lowest BCUT2D eigenvalue weighted by Gasteiger charge is -2.13. The summed E-state index contributed by atoms with van der Waals surface area (Å²) in [7, 11) is 1.82. The molecule has 1 aliphatic rings. The molecule has 0 aromatic heterocycles. The van der Waals surface area contributed by atoms with Crippen molar-refractivity contribution in [3.8, 4) is 0 Å². The van der Waals surface area contributed by atoms with Crippen LogP contribution in [0, 0.1) is 0 Å². The number of amides is 3. The van der Waals surface area contributed by atoms with Gasteiger partial charge in [-0.05, 0) is 44.2 Å². The Bertz CT molecular complexity index is 864. The van der Waals surface area contributed by atoms with Gasteiger partial charge in [0.15, 0.2) is 0 Å². The number of fused-ring (bicyclic) bond motifs is 1. The number of hydrogen-bond donors (Lipinski definition) is 2. The van der Waals surface area contributed by atoms with Gasteiger partial charge in [0.1, 0.15) is 0 Å². The normalized spacial score (nSPS) is 14.2. The number of imide groups is 1. The van der Waals surface area contributed by atoms with Gasteiger partial charge in [0.05, 0.1) is 11.1 Å². The molecule has 0 aliphatic carbocycles. The number of rotatable bonds is 7. The smallest absolute Gasteiger partial charge is 0.261 e. The first-order chi connectivity index (χ1) is 13.0. The van der Waals surface area contributed by atoms with Crippen LogP contribution in [0.5, 0.6) is 0 Å². The number of nitrogens with zero attached hydrogens (tertiary/aromatic N) is 1. The first-order valence-corrected chi connectivity index (χ1v) is 9.01. The highest BCUT2D eigenvalue weighted by molar-refractivity contribution is 6.22. The van der Waals surface area contributed by atoms with Gasteiger partial charge in [-0.2, -0.15) is 0 Å². The number of benzene rings is 2. The lowest BCUT2D eigenvalue weighted by Crippen LogP contribution is -2.37. The molecule has 0 saturated carbocycles. The summed E-state index contributed by atoms with van der Waals surface area (Å²) in [6, 6.07) is 14.5. The van der Waals surface area contributed by atoms with Gasteiger partial charge in [-0.15, -0.1) is 0 Å². The number of hydrogen-bond acceptors (Lipinski definition) is 4. The largest absolute Gasteiger partial charge is 0.350 e.